The SMILES string of the molecule is COc1cc(Cl)cc(C=O)c1OCC(=O)NC1CCCC1. The van der Waals surface area contributed by atoms with Crippen LogP contribution in [0.5, 0.6) is 11.5 Å². The van der Waals surface area contributed by atoms with Crippen LogP contribution in [-0.2, 0) is 4.79 Å². The molecule has 0 heterocycles. The summed E-state index contributed by atoms with van der Waals surface area (Å²) in [6.45, 7) is -0.157. The highest BCUT2D eigenvalue weighted by molar-refractivity contribution is 6.31. The van der Waals surface area contributed by atoms with Gasteiger partial charge in [-0.05, 0) is 18.9 Å². The van der Waals surface area contributed by atoms with Crippen LogP contribution in [0.25, 0.3) is 0 Å². The van der Waals surface area contributed by atoms with Gasteiger partial charge in [-0.25, -0.2) is 0 Å². The van der Waals surface area contributed by atoms with Crippen molar-refractivity contribution in [2.24, 2.45) is 0 Å². The maximum absolute atomic E-state index is 11.8. The first-order chi connectivity index (χ1) is 10.1. The van der Waals surface area contributed by atoms with E-state index in [1.165, 1.54) is 13.2 Å². The highest BCUT2D eigenvalue weighted by atomic mass is 35.5. The lowest BCUT2D eigenvalue weighted by Gasteiger charge is -2.15. The summed E-state index contributed by atoms with van der Waals surface area (Å²) in [6, 6.07) is 3.25. The molecule has 0 atom stereocenters. The molecule has 0 aliphatic heterocycles. The number of amides is 1. The van der Waals surface area contributed by atoms with Gasteiger partial charge in [0.25, 0.3) is 5.91 Å². The Morgan fingerprint density at radius 3 is 2.76 bits per heavy atom. The van der Waals surface area contributed by atoms with Crippen molar-refractivity contribution in [3.8, 4) is 11.5 Å². The number of hydrogen-bond acceptors (Lipinski definition) is 4. The number of carbonyl (C=O) groups excluding carboxylic acids is 2. The Hall–Kier alpha value is -1.75. The van der Waals surface area contributed by atoms with Crippen molar-refractivity contribution in [3.63, 3.8) is 0 Å². The van der Waals surface area contributed by atoms with E-state index in [0.717, 1.165) is 25.7 Å². The van der Waals surface area contributed by atoms with Crippen LogP contribution in [0, 0.1) is 0 Å². The monoisotopic (exact) mass is 311 g/mol. The lowest BCUT2D eigenvalue weighted by Crippen LogP contribution is -2.36. The summed E-state index contributed by atoms with van der Waals surface area (Å²) in [6.07, 6.45) is 4.93. The minimum Gasteiger partial charge on any atom is -0.493 e. The Labute approximate surface area is 128 Å². The molecule has 0 saturated heterocycles. The van der Waals surface area contributed by atoms with Crippen LogP contribution in [0.4, 0.5) is 0 Å². The molecule has 114 valence electrons. The van der Waals surface area contributed by atoms with E-state index in [1.807, 2.05) is 0 Å². The van der Waals surface area contributed by atoms with Crippen molar-refractivity contribution in [1.29, 1.82) is 0 Å². The first-order valence-electron chi connectivity index (χ1n) is 6.89. The molecule has 0 bridgehead atoms. The molecule has 1 fully saturated rings. The largest absolute Gasteiger partial charge is 0.493 e. The van der Waals surface area contributed by atoms with Crippen LogP contribution >= 0.6 is 11.6 Å². The third-order valence-corrected chi connectivity index (χ3v) is 3.68. The molecule has 2 rings (SSSR count). The highest BCUT2D eigenvalue weighted by Crippen LogP contribution is 2.33. The van der Waals surface area contributed by atoms with Gasteiger partial charge in [0.1, 0.15) is 0 Å². The molecular formula is C15H18ClNO4. The van der Waals surface area contributed by atoms with Gasteiger partial charge in [0.05, 0.1) is 12.7 Å². The average Bonchev–Trinajstić information content (AvgIpc) is 2.97. The smallest absolute Gasteiger partial charge is 0.258 e. The van der Waals surface area contributed by atoms with Crippen molar-refractivity contribution < 1.29 is 19.1 Å². The first kappa shape index (κ1) is 15.6. The van der Waals surface area contributed by atoms with E-state index in [2.05, 4.69) is 5.32 Å². The molecule has 5 nitrogen and oxygen atoms in total. The van der Waals surface area contributed by atoms with Crippen molar-refractivity contribution in [2.45, 2.75) is 31.7 Å². The topological polar surface area (TPSA) is 64.6 Å². The number of aldehydes is 1. The van der Waals surface area contributed by atoms with E-state index < -0.39 is 0 Å². The predicted molar refractivity (Wildman–Crippen MR) is 79.3 cm³/mol. The molecule has 1 N–H and O–H groups in total. The maximum Gasteiger partial charge on any atom is 0.258 e. The molecule has 1 amide bonds. The number of halogens is 1. The fourth-order valence-electron chi connectivity index (χ4n) is 2.46. The van der Waals surface area contributed by atoms with Gasteiger partial charge >= 0.3 is 0 Å². The summed E-state index contributed by atoms with van der Waals surface area (Å²) >= 11 is 5.88. The summed E-state index contributed by atoms with van der Waals surface area (Å²) in [5.74, 6) is 0.368. The van der Waals surface area contributed by atoms with E-state index in [1.54, 1.807) is 6.07 Å². The van der Waals surface area contributed by atoms with E-state index in [9.17, 15) is 9.59 Å². The van der Waals surface area contributed by atoms with Crippen molar-refractivity contribution in [2.75, 3.05) is 13.7 Å². The van der Waals surface area contributed by atoms with E-state index in [0.29, 0.717) is 17.1 Å². The lowest BCUT2D eigenvalue weighted by molar-refractivity contribution is -0.123. The van der Waals surface area contributed by atoms with E-state index in [4.69, 9.17) is 21.1 Å². The molecule has 0 radical (unpaired) electrons. The second-order valence-corrected chi connectivity index (χ2v) is 5.42. The molecule has 0 spiro atoms. The van der Waals surface area contributed by atoms with Gasteiger partial charge in [-0.15, -0.1) is 0 Å². The summed E-state index contributed by atoms with van der Waals surface area (Å²) in [5, 5.41) is 3.29. The van der Waals surface area contributed by atoms with Gasteiger partial charge in [-0.3, -0.25) is 9.59 Å². The summed E-state index contributed by atoms with van der Waals surface area (Å²) < 4.78 is 10.6. The predicted octanol–water partition coefficient (Wildman–Crippen LogP) is 2.60. The second-order valence-electron chi connectivity index (χ2n) is 4.98. The second kappa shape index (κ2) is 7.31. The molecule has 1 aliphatic rings. The van der Waals surface area contributed by atoms with E-state index in [-0.39, 0.29) is 29.9 Å². The van der Waals surface area contributed by atoms with Gasteiger partial charge in [0.15, 0.2) is 24.4 Å². The average molecular weight is 312 g/mol. The van der Waals surface area contributed by atoms with Gasteiger partial charge in [-0.2, -0.15) is 0 Å². The minimum absolute atomic E-state index is 0.157. The van der Waals surface area contributed by atoms with Crippen LogP contribution in [0.15, 0.2) is 12.1 Å². The Morgan fingerprint density at radius 2 is 2.14 bits per heavy atom. The Kier molecular flexibility index (Phi) is 5.44. The molecule has 0 unspecified atom stereocenters. The molecule has 21 heavy (non-hydrogen) atoms. The number of benzene rings is 1. The van der Waals surface area contributed by atoms with Crippen LogP contribution in [0.3, 0.4) is 0 Å². The quantitative estimate of drug-likeness (QED) is 0.820. The van der Waals surface area contributed by atoms with Gasteiger partial charge in [0, 0.05) is 17.1 Å². The standard InChI is InChI=1S/C15H18ClNO4/c1-20-13-7-11(16)6-10(8-18)15(13)21-9-14(19)17-12-4-2-3-5-12/h6-8,12H,2-5,9H2,1H3,(H,17,19). The van der Waals surface area contributed by atoms with Crippen LogP contribution in [0.2, 0.25) is 5.02 Å². The third kappa shape index (κ3) is 4.11. The number of carbonyl (C=O) groups is 2. The van der Waals surface area contributed by atoms with Crippen LogP contribution in [0.1, 0.15) is 36.0 Å². The molecule has 1 aromatic rings. The van der Waals surface area contributed by atoms with Crippen LogP contribution in [-0.4, -0.2) is 32.0 Å². The van der Waals surface area contributed by atoms with Crippen molar-refractivity contribution >= 4 is 23.8 Å². The normalized spacial score (nSPS) is 14.8. The first-order valence-corrected chi connectivity index (χ1v) is 7.26. The zero-order valence-corrected chi connectivity index (χ0v) is 12.6. The Balaban J connectivity index is 2.01. The maximum atomic E-state index is 11.8. The van der Waals surface area contributed by atoms with Gasteiger partial charge in [-0.1, -0.05) is 24.4 Å². The highest BCUT2D eigenvalue weighted by Gasteiger charge is 2.18. The Bertz CT molecular complexity index is 527. The number of hydrogen-bond donors (Lipinski definition) is 1. The fraction of sp³-hybridized carbons (Fsp3) is 0.467. The zero-order valence-electron chi connectivity index (χ0n) is 11.9. The molecule has 1 saturated carbocycles. The summed E-state index contributed by atoms with van der Waals surface area (Å²) in [7, 11) is 1.45. The van der Waals surface area contributed by atoms with Crippen molar-refractivity contribution in [3.05, 3.63) is 22.7 Å². The lowest BCUT2D eigenvalue weighted by atomic mass is 10.2. The number of methoxy groups -OCH3 is 1. The Morgan fingerprint density at radius 1 is 1.43 bits per heavy atom. The molecule has 1 aromatic carbocycles. The van der Waals surface area contributed by atoms with Gasteiger partial charge in [0.2, 0.25) is 0 Å². The van der Waals surface area contributed by atoms with Crippen molar-refractivity contribution in [1.82, 2.24) is 5.32 Å². The van der Waals surface area contributed by atoms with E-state index >= 15 is 0 Å². The minimum atomic E-state index is -0.198. The van der Waals surface area contributed by atoms with Gasteiger partial charge < -0.3 is 14.8 Å². The third-order valence-electron chi connectivity index (χ3n) is 3.46. The zero-order chi connectivity index (χ0) is 15.2. The number of nitrogens with one attached hydrogen (secondary N) is 1. The molecule has 6 heteroatoms. The molecular weight excluding hydrogens is 294 g/mol. The summed E-state index contributed by atoms with van der Waals surface area (Å²) in [5.41, 5.74) is 0.257. The summed E-state index contributed by atoms with van der Waals surface area (Å²) in [4.78, 5) is 22.9. The molecule has 1 aliphatic carbocycles. The molecule has 0 aromatic heterocycles. The van der Waals surface area contributed by atoms with Crippen LogP contribution < -0.4 is 14.8 Å². The fourth-order valence-corrected chi connectivity index (χ4v) is 2.68. The number of ether oxygens (including phenoxy) is 2. The number of rotatable bonds is 6.